The van der Waals surface area contributed by atoms with Crippen LogP contribution in [0.15, 0.2) is 57.7 Å². The number of hydrogen-bond donors (Lipinski definition) is 0. The van der Waals surface area contributed by atoms with E-state index in [2.05, 4.69) is 0 Å². The fourth-order valence-electron chi connectivity index (χ4n) is 2.49. The molecule has 0 aliphatic heterocycles. The highest BCUT2D eigenvalue weighted by Crippen LogP contribution is 2.19. The highest BCUT2D eigenvalue weighted by molar-refractivity contribution is 6.31. The molecule has 3 rings (SSSR count). The molecule has 0 radical (unpaired) electrons. The Morgan fingerprint density at radius 1 is 1.07 bits per heavy atom. The molecule has 0 amide bonds. The van der Waals surface area contributed by atoms with E-state index in [0.717, 1.165) is 6.07 Å². The van der Waals surface area contributed by atoms with Gasteiger partial charge in [-0.2, -0.15) is 0 Å². The largest absolute Gasteiger partial charge is 0.497 e. The van der Waals surface area contributed by atoms with E-state index >= 15 is 0 Å². The lowest BCUT2D eigenvalue weighted by Gasteiger charge is -2.12. The molecule has 0 aliphatic rings. The van der Waals surface area contributed by atoms with Crippen molar-refractivity contribution in [3.8, 4) is 5.75 Å². The van der Waals surface area contributed by atoms with E-state index in [1.807, 2.05) is 0 Å². The molecule has 1 atom stereocenters. The quantitative estimate of drug-likeness (QED) is 0.488. The Labute approximate surface area is 159 Å². The van der Waals surface area contributed by atoms with Crippen LogP contribution in [0.3, 0.4) is 0 Å². The number of esters is 1. The summed E-state index contributed by atoms with van der Waals surface area (Å²) in [4.78, 5) is 36.9. The van der Waals surface area contributed by atoms with E-state index in [4.69, 9.17) is 25.5 Å². The minimum Gasteiger partial charge on any atom is -0.497 e. The van der Waals surface area contributed by atoms with Gasteiger partial charge in [0.05, 0.1) is 12.5 Å². The topological polar surface area (TPSA) is 82.8 Å². The van der Waals surface area contributed by atoms with Gasteiger partial charge in [-0.25, -0.2) is 4.79 Å². The first kappa shape index (κ1) is 18.7. The second-order valence-corrected chi connectivity index (χ2v) is 6.19. The van der Waals surface area contributed by atoms with E-state index in [1.54, 1.807) is 24.3 Å². The Morgan fingerprint density at radius 3 is 2.44 bits per heavy atom. The van der Waals surface area contributed by atoms with Gasteiger partial charge in [-0.05, 0) is 49.4 Å². The molecule has 0 saturated heterocycles. The second kappa shape index (κ2) is 7.63. The number of halogens is 1. The zero-order valence-electron chi connectivity index (χ0n) is 14.5. The van der Waals surface area contributed by atoms with Crippen LogP contribution < -0.4 is 10.2 Å². The summed E-state index contributed by atoms with van der Waals surface area (Å²) in [5.74, 6) is -0.974. The van der Waals surface area contributed by atoms with Crippen molar-refractivity contribution in [3.63, 3.8) is 0 Å². The maximum absolute atomic E-state index is 12.4. The molecule has 138 valence electrons. The lowest BCUT2D eigenvalue weighted by molar-refractivity contribution is 0.0289. The first-order chi connectivity index (χ1) is 12.9. The normalized spacial score (nSPS) is 11.8. The number of carbonyl (C=O) groups excluding carboxylic acids is 2. The molecule has 1 aromatic heterocycles. The fourth-order valence-corrected chi connectivity index (χ4v) is 2.66. The number of methoxy groups -OCH3 is 1. The molecule has 7 heteroatoms. The zero-order chi connectivity index (χ0) is 19.6. The van der Waals surface area contributed by atoms with Crippen molar-refractivity contribution in [1.82, 2.24) is 0 Å². The van der Waals surface area contributed by atoms with Gasteiger partial charge in [0, 0.05) is 16.7 Å². The van der Waals surface area contributed by atoms with Crippen molar-refractivity contribution in [2.45, 2.75) is 13.0 Å². The zero-order valence-corrected chi connectivity index (χ0v) is 15.3. The number of benzene rings is 2. The Bertz CT molecular complexity index is 1070. The lowest BCUT2D eigenvalue weighted by atomic mass is 10.1. The van der Waals surface area contributed by atoms with E-state index in [1.165, 1.54) is 32.2 Å². The summed E-state index contributed by atoms with van der Waals surface area (Å²) in [5, 5.41) is 0.630. The Balaban J connectivity index is 1.79. The summed E-state index contributed by atoms with van der Waals surface area (Å²) in [5.41, 5.74) is 0.138. The van der Waals surface area contributed by atoms with Crippen LogP contribution in [0.1, 0.15) is 27.8 Å². The van der Waals surface area contributed by atoms with Crippen molar-refractivity contribution >= 4 is 34.3 Å². The summed E-state index contributed by atoms with van der Waals surface area (Å²) >= 11 is 5.86. The molecular weight excluding hydrogens is 372 g/mol. The van der Waals surface area contributed by atoms with Crippen molar-refractivity contribution in [3.05, 3.63) is 75.1 Å². The van der Waals surface area contributed by atoms with Gasteiger partial charge in [-0.1, -0.05) is 11.6 Å². The third kappa shape index (κ3) is 4.01. The van der Waals surface area contributed by atoms with Crippen molar-refractivity contribution in [2.24, 2.45) is 0 Å². The number of ether oxygens (including phenoxy) is 2. The molecule has 0 N–H and O–H groups in total. The number of hydrogen-bond acceptors (Lipinski definition) is 6. The van der Waals surface area contributed by atoms with Gasteiger partial charge >= 0.3 is 5.97 Å². The van der Waals surface area contributed by atoms with Crippen LogP contribution in [-0.4, -0.2) is 25.0 Å². The molecule has 0 fully saturated rings. The van der Waals surface area contributed by atoms with Gasteiger partial charge in [0.2, 0.25) is 11.5 Å². The summed E-state index contributed by atoms with van der Waals surface area (Å²) in [6.07, 6.45) is -1.06. The monoisotopic (exact) mass is 386 g/mol. The maximum Gasteiger partial charge on any atom is 0.375 e. The first-order valence-electron chi connectivity index (χ1n) is 8.01. The number of ketones is 1. The number of Topliss-reactive ketones (excluding diaryl/α,β-unsaturated/α-hetero) is 1. The smallest absolute Gasteiger partial charge is 0.375 e. The van der Waals surface area contributed by atoms with Crippen LogP contribution in [-0.2, 0) is 4.74 Å². The summed E-state index contributed by atoms with van der Waals surface area (Å²) in [6.45, 7) is 1.45. The van der Waals surface area contributed by atoms with Crippen molar-refractivity contribution in [1.29, 1.82) is 0 Å². The van der Waals surface area contributed by atoms with Gasteiger partial charge in [0.15, 0.2) is 11.5 Å². The number of fused-ring (bicyclic) bond motifs is 1. The lowest BCUT2D eigenvalue weighted by Crippen LogP contribution is -2.25. The molecule has 6 nitrogen and oxygen atoms in total. The molecule has 0 saturated carbocycles. The predicted octanol–water partition coefficient (Wildman–Crippen LogP) is 3.88. The molecule has 2 aromatic carbocycles. The molecular formula is C20H15ClO6. The van der Waals surface area contributed by atoms with Crippen LogP contribution in [0.5, 0.6) is 5.75 Å². The molecule has 1 heterocycles. The predicted molar refractivity (Wildman–Crippen MR) is 99.7 cm³/mol. The van der Waals surface area contributed by atoms with Crippen LogP contribution in [0, 0.1) is 0 Å². The van der Waals surface area contributed by atoms with Crippen LogP contribution in [0.2, 0.25) is 5.02 Å². The highest BCUT2D eigenvalue weighted by Gasteiger charge is 2.22. The molecule has 27 heavy (non-hydrogen) atoms. The molecule has 0 aliphatic carbocycles. The van der Waals surface area contributed by atoms with Gasteiger partial charge < -0.3 is 13.9 Å². The Hall–Kier alpha value is -3.12. The maximum atomic E-state index is 12.4. The van der Waals surface area contributed by atoms with Crippen LogP contribution in [0.25, 0.3) is 11.0 Å². The van der Waals surface area contributed by atoms with Crippen LogP contribution in [0.4, 0.5) is 0 Å². The fraction of sp³-hybridized carbons (Fsp3) is 0.150. The highest BCUT2D eigenvalue weighted by atomic mass is 35.5. The van der Waals surface area contributed by atoms with Crippen molar-refractivity contribution < 1.29 is 23.5 Å². The molecule has 0 unspecified atom stereocenters. The van der Waals surface area contributed by atoms with E-state index in [-0.39, 0.29) is 22.5 Å². The molecule has 0 bridgehead atoms. The van der Waals surface area contributed by atoms with Gasteiger partial charge in [0.1, 0.15) is 11.3 Å². The Kier molecular flexibility index (Phi) is 5.28. The third-order valence-corrected chi connectivity index (χ3v) is 4.15. The average Bonchev–Trinajstić information content (AvgIpc) is 2.67. The van der Waals surface area contributed by atoms with Gasteiger partial charge in [0.25, 0.3) is 0 Å². The minimum atomic E-state index is -1.06. The Morgan fingerprint density at radius 2 is 1.78 bits per heavy atom. The minimum absolute atomic E-state index is 0.202. The SMILES string of the molecule is COc1ccc(C(=O)[C@H](C)OC(=O)c2cc(=O)c3cc(Cl)ccc3o2)cc1. The number of rotatable bonds is 5. The van der Waals surface area contributed by atoms with E-state index < -0.39 is 17.5 Å². The van der Waals surface area contributed by atoms with Crippen molar-refractivity contribution in [2.75, 3.05) is 7.11 Å². The summed E-state index contributed by atoms with van der Waals surface area (Å²) in [7, 11) is 1.52. The van der Waals surface area contributed by atoms with Crippen LogP contribution >= 0.6 is 11.6 Å². The molecule has 0 spiro atoms. The average molecular weight is 387 g/mol. The van der Waals surface area contributed by atoms with E-state index in [9.17, 15) is 14.4 Å². The molecule has 3 aromatic rings. The third-order valence-electron chi connectivity index (χ3n) is 3.92. The second-order valence-electron chi connectivity index (χ2n) is 5.76. The summed E-state index contributed by atoms with van der Waals surface area (Å²) in [6, 6.07) is 11.9. The van der Waals surface area contributed by atoms with Gasteiger partial charge in [-0.3, -0.25) is 9.59 Å². The first-order valence-corrected chi connectivity index (χ1v) is 8.39. The van der Waals surface area contributed by atoms with Gasteiger partial charge in [-0.15, -0.1) is 0 Å². The van der Waals surface area contributed by atoms with E-state index in [0.29, 0.717) is 16.3 Å². The standard InChI is InChI=1S/C20H15ClO6/c1-11(19(23)12-3-6-14(25-2)7-4-12)26-20(24)18-10-16(22)15-9-13(21)5-8-17(15)27-18/h3-11H,1-2H3/t11-/m0/s1. The summed E-state index contributed by atoms with van der Waals surface area (Å²) < 4.78 is 15.6. The number of carbonyl (C=O) groups is 2.